The normalized spacial score (nSPS) is 10.3. The molecule has 0 bridgehead atoms. The first kappa shape index (κ1) is 13.9. The number of anilines is 1. The van der Waals surface area contributed by atoms with Gasteiger partial charge in [0, 0.05) is 21.3 Å². The van der Waals surface area contributed by atoms with Gasteiger partial charge in [0.1, 0.15) is 0 Å². The van der Waals surface area contributed by atoms with Crippen LogP contribution in [0.1, 0.15) is 22.8 Å². The number of rotatable bonds is 3. The van der Waals surface area contributed by atoms with Crippen LogP contribution in [-0.4, -0.2) is 5.91 Å². The topological polar surface area (TPSA) is 29.1 Å². The number of hydrogen-bond acceptors (Lipinski definition) is 1. The van der Waals surface area contributed by atoms with Crippen LogP contribution in [0.25, 0.3) is 0 Å². The van der Waals surface area contributed by atoms with Crippen molar-refractivity contribution in [3.8, 4) is 0 Å². The van der Waals surface area contributed by atoms with Gasteiger partial charge >= 0.3 is 0 Å². The van der Waals surface area contributed by atoms with E-state index in [9.17, 15) is 4.79 Å². The standard InChI is InChI=1S/C15H13Cl2NO/c1-2-10-4-3-5-14(6-10)18-15(19)11-7-12(16)9-13(17)8-11/h3-9H,2H2,1H3,(H,18,19). The highest BCUT2D eigenvalue weighted by Gasteiger charge is 2.08. The molecule has 2 aromatic rings. The van der Waals surface area contributed by atoms with E-state index in [1.54, 1.807) is 18.2 Å². The van der Waals surface area contributed by atoms with Crippen LogP contribution in [0.3, 0.4) is 0 Å². The Labute approximate surface area is 122 Å². The van der Waals surface area contributed by atoms with E-state index in [4.69, 9.17) is 23.2 Å². The third-order valence-corrected chi connectivity index (χ3v) is 3.15. The van der Waals surface area contributed by atoms with Crippen LogP contribution in [-0.2, 0) is 6.42 Å². The largest absolute Gasteiger partial charge is 0.322 e. The Bertz CT molecular complexity index is 591. The van der Waals surface area contributed by atoms with E-state index in [1.165, 1.54) is 5.56 Å². The van der Waals surface area contributed by atoms with Crippen LogP contribution in [0.4, 0.5) is 5.69 Å². The second-order valence-electron chi connectivity index (χ2n) is 4.17. The zero-order chi connectivity index (χ0) is 13.8. The number of carbonyl (C=O) groups is 1. The minimum Gasteiger partial charge on any atom is -0.322 e. The average Bonchev–Trinajstić information content (AvgIpc) is 2.37. The fourth-order valence-electron chi connectivity index (χ4n) is 1.76. The monoisotopic (exact) mass is 293 g/mol. The number of hydrogen-bond donors (Lipinski definition) is 1. The molecule has 98 valence electrons. The van der Waals surface area contributed by atoms with Gasteiger partial charge in [0.25, 0.3) is 5.91 Å². The van der Waals surface area contributed by atoms with Gasteiger partial charge in [-0.2, -0.15) is 0 Å². The lowest BCUT2D eigenvalue weighted by molar-refractivity contribution is 0.102. The molecule has 0 fully saturated rings. The van der Waals surface area contributed by atoms with E-state index in [1.807, 2.05) is 24.3 Å². The Morgan fingerprint density at radius 2 is 1.79 bits per heavy atom. The molecule has 2 rings (SSSR count). The molecular formula is C15H13Cl2NO. The van der Waals surface area contributed by atoms with Gasteiger partial charge in [-0.15, -0.1) is 0 Å². The third kappa shape index (κ3) is 3.72. The van der Waals surface area contributed by atoms with Crippen LogP contribution in [0, 0.1) is 0 Å². The zero-order valence-corrected chi connectivity index (χ0v) is 11.9. The van der Waals surface area contributed by atoms with Crippen LogP contribution in [0.2, 0.25) is 10.0 Å². The van der Waals surface area contributed by atoms with Gasteiger partial charge in [0.15, 0.2) is 0 Å². The van der Waals surface area contributed by atoms with Crippen LogP contribution in [0.5, 0.6) is 0 Å². The molecule has 0 aliphatic rings. The van der Waals surface area contributed by atoms with Gasteiger partial charge in [0.05, 0.1) is 0 Å². The summed E-state index contributed by atoms with van der Waals surface area (Å²) in [7, 11) is 0. The van der Waals surface area contributed by atoms with Gasteiger partial charge in [0.2, 0.25) is 0 Å². The molecule has 0 aliphatic carbocycles. The number of aryl methyl sites for hydroxylation is 1. The summed E-state index contributed by atoms with van der Waals surface area (Å²) < 4.78 is 0. The predicted octanol–water partition coefficient (Wildman–Crippen LogP) is 4.81. The van der Waals surface area contributed by atoms with Gasteiger partial charge < -0.3 is 5.32 Å². The minimum atomic E-state index is -0.224. The maximum Gasteiger partial charge on any atom is 0.255 e. The third-order valence-electron chi connectivity index (χ3n) is 2.72. The second-order valence-corrected chi connectivity index (χ2v) is 5.04. The summed E-state index contributed by atoms with van der Waals surface area (Å²) in [5.41, 5.74) is 2.38. The van der Waals surface area contributed by atoms with Crippen molar-refractivity contribution in [1.29, 1.82) is 0 Å². The molecule has 0 saturated carbocycles. The summed E-state index contributed by atoms with van der Waals surface area (Å²) in [6, 6.07) is 12.5. The van der Waals surface area contributed by atoms with Crippen LogP contribution < -0.4 is 5.32 Å². The van der Waals surface area contributed by atoms with Gasteiger partial charge in [-0.3, -0.25) is 4.79 Å². The maximum atomic E-state index is 12.1. The van der Waals surface area contributed by atoms with Crippen molar-refractivity contribution >= 4 is 34.8 Å². The molecule has 1 amide bonds. The Morgan fingerprint density at radius 1 is 1.11 bits per heavy atom. The molecule has 0 spiro atoms. The number of nitrogens with one attached hydrogen (secondary N) is 1. The Morgan fingerprint density at radius 3 is 2.42 bits per heavy atom. The summed E-state index contributed by atoms with van der Waals surface area (Å²) >= 11 is 11.8. The number of carbonyl (C=O) groups excluding carboxylic acids is 1. The molecule has 2 aromatic carbocycles. The molecule has 0 unspecified atom stereocenters. The first-order valence-electron chi connectivity index (χ1n) is 5.95. The molecule has 0 aliphatic heterocycles. The second kappa shape index (κ2) is 6.09. The van der Waals surface area contributed by atoms with E-state index in [0.29, 0.717) is 15.6 Å². The molecule has 0 radical (unpaired) electrons. The first-order valence-corrected chi connectivity index (χ1v) is 6.70. The lowest BCUT2D eigenvalue weighted by Gasteiger charge is -2.07. The van der Waals surface area contributed by atoms with E-state index in [0.717, 1.165) is 12.1 Å². The summed E-state index contributed by atoms with van der Waals surface area (Å²) in [5.74, 6) is -0.224. The fraction of sp³-hybridized carbons (Fsp3) is 0.133. The summed E-state index contributed by atoms with van der Waals surface area (Å²) in [4.78, 5) is 12.1. The quantitative estimate of drug-likeness (QED) is 0.865. The zero-order valence-electron chi connectivity index (χ0n) is 10.4. The van der Waals surface area contributed by atoms with Crippen molar-refractivity contribution in [2.45, 2.75) is 13.3 Å². The lowest BCUT2D eigenvalue weighted by atomic mass is 10.1. The van der Waals surface area contributed by atoms with E-state index in [2.05, 4.69) is 12.2 Å². The van der Waals surface area contributed by atoms with Crippen molar-refractivity contribution in [2.24, 2.45) is 0 Å². The van der Waals surface area contributed by atoms with Crippen molar-refractivity contribution in [3.05, 3.63) is 63.6 Å². The van der Waals surface area contributed by atoms with E-state index in [-0.39, 0.29) is 5.91 Å². The summed E-state index contributed by atoms with van der Waals surface area (Å²) in [5, 5.41) is 3.72. The molecule has 19 heavy (non-hydrogen) atoms. The molecule has 2 nitrogen and oxygen atoms in total. The summed E-state index contributed by atoms with van der Waals surface area (Å²) in [6.45, 7) is 2.07. The lowest BCUT2D eigenvalue weighted by Crippen LogP contribution is -2.12. The molecule has 0 atom stereocenters. The molecular weight excluding hydrogens is 281 g/mol. The molecule has 1 N–H and O–H groups in total. The number of benzene rings is 2. The fourth-order valence-corrected chi connectivity index (χ4v) is 2.28. The highest BCUT2D eigenvalue weighted by atomic mass is 35.5. The smallest absolute Gasteiger partial charge is 0.255 e. The van der Waals surface area contributed by atoms with Gasteiger partial charge in [-0.25, -0.2) is 0 Å². The molecule has 4 heteroatoms. The van der Waals surface area contributed by atoms with Crippen LogP contribution in [0.15, 0.2) is 42.5 Å². The van der Waals surface area contributed by atoms with E-state index < -0.39 is 0 Å². The van der Waals surface area contributed by atoms with Crippen molar-refractivity contribution < 1.29 is 4.79 Å². The average molecular weight is 294 g/mol. The summed E-state index contributed by atoms with van der Waals surface area (Å²) in [6.07, 6.45) is 0.923. The van der Waals surface area contributed by atoms with Gasteiger partial charge in [-0.05, 0) is 42.3 Å². The van der Waals surface area contributed by atoms with Gasteiger partial charge in [-0.1, -0.05) is 42.3 Å². The van der Waals surface area contributed by atoms with Crippen molar-refractivity contribution in [1.82, 2.24) is 0 Å². The minimum absolute atomic E-state index is 0.224. The highest BCUT2D eigenvalue weighted by Crippen LogP contribution is 2.20. The van der Waals surface area contributed by atoms with Crippen molar-refractivity contribution in [2.75, 3.05) is 5.32 Å². The molecule has 0 aromatic heterocycles. The predicted molar refractivity (Wildman–Crippen MR) is 80.2 cm³/mol. The van der Waals surface area contributed by atoms with E-state index >= 15 is 0 Å². The van der Waals surface area contributed by atoms with Crippen LogP contribution >= 0.6 is 23.2 Å². The SMILES string of the molecule is CCc1cccc(NC(=O)c2cc(Cl)cc(Cl)c2)c1. The molecule has 0 heterocycles. The molecule has 0 saturated heterocycles. The van der Waals surface area contributed by atoms with Crippen molar-refractivity contribution in [3.63, 3.8) is 0 Å². The Hall–Kier alpha value is -1.51. The first-order chi connectivity index (χ1) is 9.08. The number of halogens is 2. The Balaban J connectivity index is 2.20. The Kier molecular flexibility index (Phi) is 4.46. The maximum absolute atomic E-state index is 12.1. The number of amides is 1. The highest BCUT2D eigenvalue weighted by molar-refractivity contribution is 6.35.